The van der Waals surface area contributed by atoms with Crippen molar-refractivity contribution in [3.63, 3.8) is 0 Å². The molecule has 0 N–H and O–H groups in total. The molecule has 0 heterocycles. The monoisotopic (exact) mass is 751 g/mol. The molecule has 6 aromatic rings. The zero-order valence-electron chi connectivity index (χ0n) is 27.2. The van der Waals surface area contributed by atoms with Crippen LogP contribution in [0.3, 0.4) is 0 Å². The van der Waals surface area contributed by atoms with Crippen LogP contribution < -0.4 is 29.7 Å². The molecular weight excluding hydrogens is 717 g/mol. The van der Waals surface area contributed by atoms with E-state index in [4.69, 9.17) is 0 Å². The van der Waals surface area contributed by atoms with E-state index in [0.29, 0.717) is 3.63 Å². The van der Waals surface area contributed by atoms with Gasteiger partial charge in [0.2, 0.25) is 0 Å². The zero-order chi connectivity index (χ0) is 31.4. The molecule has 6 aromatic carbocycles. The van der Waals surface area contributed by atoms with Crippen molar-refractivity contribution in [3.05, 3.63) is 219 Å². The van der Waals surface area contributed by atoms with Gasteiger partial charge in [0.15, 0.2) is 0 Å². The fourth-order valence-corrected chi connectivity index (χ4v) is 16.4. The standard InChI is InChI=1S/C27H22N.C13H10.C5H5.2ClH.Zr/c1-3-9-21(10-4-1)19-28(20-22-11-5-2-6-12-22)25-15-16-27-24(18-25)17-23-13-7-8-14-26(23)27;1-3-7-12(8-4-1)11-13-9-5-2-6-10-13;1-2-4-5-3-1;;;/h1-18H,19-20H2;1-10H;1-3H,4H2;2*1H;/q;;;;;+2/p-2. The quantitative estimate of drug-likeness (QED) is 0.207. The van der Waals surface area contributed by atoms with Crippen molar-refractivity contribution in [2.45, 2.75) is 23.1 Å². The van der Waals surface area contributed by atoms with Gasteiger partial charge in [-0.15, -0.1) is 0 Å². The van der Waals surface area contributed by atoms with Crippen molar-refractivity contribution in [1.82, 2.24) is 0 Å². The van der Waals surface area contributed by atoms with E-state index < -0.39 is 21.3 Å². The number of rotatable bonds is 9. The molecule has 2 aliphatic rings. The number of fused-ring (bicyclic) bond motifs is 3. The Morgan fingerprint density at radius 1 is 0.551 bits per heavy atom. The Balaban J connectivity index is 0.00000208. The van der Waals surface area contributed by atoms with Crippen molar-refractivity contribution >= 4 is 8.89 Å². The molecule has 1 nitrogen and oxygen atoms in total. The molecule has 0 spiro atoms. The van der Waals surface area contributed by atoms with Gasteiger partial charge >= 0.3 is 288 Å². The summed E-state index contributed by atoms with van der Waals surface area (Å²) < 4.78 is 3.63. The van der Waals surface area contributed by atoms with E-state index in [0.717, 1.165) is 19.5 Å². The van der Waals surface area contributed by atoms with Crippen LogP contribution in [0.1, 0.15) is 43.4 Å². The Labute approximate surface area is 310 Å². The van der Waals surface area contributed by atoms with Crippen LogP contribution in [-0.2, 0) is 34.4 Å². The molecule has 1 unspecified atom stereocenters. The summed E-state index contributed by atoms with van der Waals surface area (Å²) in [6.07, 6.45) is 8.17. The van der Waals surface area contributed by atoms with Gasteiger partial charge in [-0.2, -0.15) is 0 Å². The third-order valence-corrected chi connectivity index (χ3v) is 17.8. The number of hydrogen-bond acceptors (Lipinski definition) is 1. The molecule has 8 rings (SSSR count). The predicted molar refractivity (Wildman–Crippen MR) is 194 cm³/mol. The molecule has 0 fully saturated rings. The van der Waals surface area contributed by atoms with E-state index in [1.807, 2.05) is 0 Å². The largest absolute Gasteiger partial charge is 1.00 e. The van der Waals surface area contributed by atoms with Gasteiger partial charge in [-0.05, 0) is 0 Å². The second-order valence-corrected chi connectivity index (χ2v) is 18.7. The fourth-order valence-electron chi connectivity index (χ4n) is 7.37. The van der Waals surface area contributed by atoms with Crippen LogP contribution in [0.15, 0.2) is 185 Å². The van der Waals surface area contributed by atoms with Gasteiger partial charge in [0.25, 0.3) is 0 Å². The summed E-state index contributed by atoms with van der Waals surface area (Å²) in [7, 11) is 0. The van der Waals surface area contributed by atoms with E-state index in [1.54, 1.807) is 6.49 Å². The summed E-state index contributed by atoms with van der Waals surface area (Å²) in [5.74, 6) is 0. The van der Waals surface area contributed by atoms with Crippen molar-refractivity contribution in [2.75, 3.05) is 4.90 Å². The SMILES string of the molecule is C1=CC[C]([Zr+2](=[C](c2ccccc2)c2ccccc2)[CH]2c3ccccc3-c3ccc(N(Cc4ccccc4)Cc4ccccc4)cc32)=C1.[Cl-].[Cl-]. The third-order valence-electron chi connectivity index (χ3n) is 9.51. The van der Waals surface area contributed by atoms with Gasteiger partial charge < -0.3 is 24.8 Å². The van der Waals surface area contributed by atoms with Gasteiger partial charge in [0.05, 0.1) is 0 Å². The minimum Gasteiger partial charge on any atom is -1.00 e. The number of allylic oxidation sites excluding steroid dienone is 4. The normalized spacial score (nSPS) is 13.5. The van der Waals surface area contributed by atoms with Crippen molar-refractivity contribution in [3.8, 4) is 11.1 Å². The fraction of sp³-hybridized carbons (Fsp3) is 0.0889. The molecular formula is C45H37Cl2NZr. The van der Waals surface area contributed by atoms with Crippen LogP contribution in [0.4, 0.5) is 5.69 Å². The molecule has 0 aromatic heterocycles. The van der Waals surface area contributed by atoms with Gasteiger partial charge in [-0.1, -0.05) is 0 Å². The van der Waals surface area contributed by atoms with E-state index in [-0.39, 0.29) is 24.8 Å². The molecule has 240 valence electrons. The van der Waals surface area contributed by atoms with Crippen molar-refractivity contribution < 1.29 is 46.1 Å². The van der Waals surface area contributed by atoms with Gasteiger partial charge in [-0.3, -0.25) is 0 Å². The molecule has 0 saturated heterocycles. The first kappa shape index (κ1) is 34.8. The summed E-state index contributed by atoms with van der Waals surface area (Å²) in [6, 6.07) is 60.9. The van der Waals surface area contributed by atoms with Crippen LogP contribution in [0, 0.1) is 0 Å². The Kier molecular flexibility index (Phi) is 11.4. The molecule has 2 aliphatic carbocycles. The summed E-state index contributed by atoms with van der Waals surface area (Å²) >= 11 is -2.72. The average molecular weight is 754 g/mol. The van der Waals surface area contributed by atoms with Crippen LogP contribution in [0.2, 0.25) is 0 Å². The molecule has 49 heavy (non-hydrogen) atoms. The molecule has 0 bridgehead atoms. The number of benzene rings is 6. The first-order valence-corrected chi connectivity index (χ1v) is 20.5. The minimum absolute atomic E-state index is 0. The number of halogens is 2. The minimum atomic E-state index is -2.72. The number of nitrogens with zero attached hydrogens (tertiary/aromatic N) is 1. The average Bonchev–Trinajstić information content (AvgIpc) is 3.79. The molecule has 0 saturated carbocycles. The van der Waals surface area contributed by atoms with E-state index in [1.165, 1.54) is 50.2 Å². The predicted octanol–water partition coefficient (Wildman–Crippen LogP) is 4.70. The second-order valence-electron chi connectivity index (χ2n) is 12.5. The molecule has 0 amide bonds. The first-order valence-electron chi connectivity index (χ1n) is 16.6. The number of anilines is 1. The Hall–Kier alpha value is -4.07. The Morgan fingerprint density at radius 3 is 1.61 bits per heavy atom. The summed E-state index contributed by atoms with van der Waals surface area (Å²) in [5.41, 5.74) is 12.5. The van der Waals surface area contributed by atoms with Crippen LogP contribution in [0.25, 0.3) is 11.1 Å². The summed E-state index contributed by atoms with van der Waals surface area (Å²) in [6.45, 7) is 1.72. The maximum Gasteiger partial charge on any atom is -1.00 e. The summed E-state index contributed by atoms with van der Waals surface area (Å²) in [4.78, 5) is 2.56. The van der Waals surface area contributed by atoms with Gasteiger partial charge in [0, 0.05) is 0 Å². The number of hydrogen-bond donors (Lipinski definition) is 0. The van der Waals surface area contributed by atoms with E-state index >= 15 is 0 Å². The van der Waals surface area contributed by atoms with Crippen LogP contribution >= 0.6 is 0 Å². The molecule has 0 aliphatic heterocycles. The van der Waals surface area contributed by atoms with E-state index in [2.05, 4.69) is 187 Å². The van der Waals surface area contributed by atoms with Crippen LogP contribution in [0.5, 0.6) is 0 Å². The second kappa shape index (κ2) is 16.1. The van der Waals surface area contributed by atoms with Crippen LogP contribution in [-0.4, -0.2) is 3.21 Å². The zero-order valence-corrected chi connectivity index (χ0v) is 31.2. The van der Waals surface area contributed by atoms with Crippen molar-refractivity contribution in [1.29, 1.82) is 0 Å². The summed E-state index contributed by atoms with van der Waals surface area (Å²) in [5, 5.41) is 0. The first-order chi connectivity index (χ1) is 23.3. The van der Waals surface area contributed by atoms with E-state index in [9.17, 15) is 0 Å². The maximum absolute atomic E-state index is 2.72. The third kappa shape index (κ3) is 7.29. The Bertz CT molecular complexity index is 2020. The van der Waals surface area contributed by atoms with Gasteiger partial charge in [-0.25, -0.2) is 0 Å². The molecule has 1 atom stereocenters. The molecule has 0 radical (unpaired) electrons. The van der Waals surface area contributed by atoms with Crippen molar-refractivity contribution in [2.24, 2.45) is 0 Å². The topological polar surface area (TPSA) is 3.24 Å². The Morgan fingerprint density at radius 2 is 1.06 bits per heavy atom. The smallest absolute Gasteiger partial charge is 1.00 e. The maximum atomic E-state index is 2.56. The van der Waals surface area contributed by atoms with Gasteiger partial charge in [0.1, 0.15) is 0 Å². The molecule has 4 heteroatoms.